The largest absolute Gasteiger partial charge is 0.534 e. The predicted molar refractivity (Wildman–Crippen MR) is 198 cm³/mol. The van der Waals surface area contributed by atoms with Crippen molar-refractivity contribution in [3.63, 3.8) is 0 Å². The minimum Gasteiger partial charge on any atom is -0.481 e. The number of carbonyl (C=O) groups is 1. The first kappa shape index (κ1) is 45.9. The highest BCUT2D eigenvalue weighted by molar-refractivity contribution is 7.87. The molecule has 1 unspecified atom stereocenters. The van der Waals surface area contributed by atoms with Gasteiger partial charge in [0, 0.05) is 12.3 Å². The van der Waals surface area contributed by atoms with Crippen molar-refractivity contribution in [2.45, 2.75) is 181 Å². The molecule has 0 fully saturated rings. The molecule has 0 aromatic rings. The third-order valence-electron chi connectivity index (χ3n) is 10.8. The summed E-state index contributed by atoms with van der Waals surface area (Å²) in [6.45, 7) is 27.4. The van der Waals surface area contributed by atoms with Gasteiger partial charge in [-0.3, -0.25) is 4.79 Å². The molecule has 0 saturated carbocycles. The fourth-order valence-electron chi connectivity index (χ4n) is 5.43. The van der Waals surface area contributed by atoms with Crippen molar-refractivity contribution in [1.29, 1.82) is 0 Å². The molecule has 0 bridgehead atoms. The van der Waals surface area contributed by atoms with Crippen molar-refractivity contribution in [2.24, 2.45) is 17.8 Å². The van der Waals surface area contributed by atoms with Crippen molar-refractivity contribution in [3.8, 4) is 0 Å². The molecule has 13 heteroatoms. The number of hydrogen-bond acceptors (Lipinski definition) is 6. The lowest BCUT2D eigenvalue weighted by atomic mass is 9.92. The van der Waals surface area contributed by atoms with Gasteiger partial charge in [0.05, 0.1) is 18.1 Å². The van der Waals surface area contributed by atoms with E-state index in [0.717, 1.165) is 25.7 Å². The van der Waals surface area contributed by atoms with E-state index < -0.39 is 56.2 Å². The molecule has 288 valence electrons. The zero-order chi connectivity index (χ0) is 38.2. The van der Waals surface area contributed by atoms with Gasteiger partial charge >= 0.3 is 21.6 Å². The molecule has 1 aliphatic rings. The second-order valence-electron chi connectivity index (χ2n) is 17.2. The molecule has 0 amide bonds. The van der Waals surface area contributed by atoms with Crippen LogP contribution in [0.1, 0.15) is 127 Å². The van der Waals surface area contributed by atoms with Gasteiger partial charge < -0.3 is 18.1 Å². The van der Waals surface area contributed by atoms with Crippen molar-refractivity contribution in [3.05, 3.63) is 23.5 Å². The molecule has 0 aromatic heterocycles. The normalized spacial score (nSPS) is 20.6. The quantitative estimate of drug-likeness (QED) is 0.0434. The summed E-state index contributed by atoms with van der Waals surface area (Å²) < 4.78 is 84.2. The fraction of sp³-hybridized carbons (Fsp3) is 0.861. The highest BCUT2D eigenvalue weighted by Crippen LogP contribution is 2.46. The van der Waals surface area contributed by atoms with Crippen LogP contribution in [0.4, 0.5) is 13.2 Å². The lowest BCUT2D eigenvalue weighted by Crippen LogP contribution is -2.45. The summed E-state index contributed by atoms with van der Waals surface area (Å²) >= 11 is 0. The Bertz CT molecular complexity index is 1230. The fourth-order valence-corrected chi connectivity index (χ4v) is 8.59. The molecule has 1 aliphatic carbocycles. The number of carboxylic acid groups (broad SMARTS) is 1. The van der Waals surface area contributed by atoms with Crippen LogP contribution in [0.5, 0.6) is 0 Å². The van der Waals surface area contributed by atoms with Crippen LogP contribution in [0.2, 0.25) is 36.3 Å². The summed E-state index contributed by atoms with van der Waals surface area (Å²) in [6.07, 6.45) is 9.69. The van der Waals surface area contributed by atoms with E-state index in [-0.39, 0.29) is 28.4 Å². The van der Waals surface area contributed by atoms with Gasteiger partial charge in [0.1, 0.15) is 5.76 Å². The van der Waals surface area contributed by atoms with E-state index in [4.69, 9.17) is 13.0 Å². The Kier molecular flexibility index (Phi) is 16.9. The van der Waals surface area contributed by atoms with Crippen molar-refractivity contribution in [2.75, 3.05) is 0 Å². The first-order valence-corrected chi connectivity index (χ1v) is 25.3. The van der Waals surface area contributed by atoms with E-state index in [1.165, 1.54) is 0 Å². The topological polar surface area (TPSA) is 99.1 Å². The average molecular weight is 757 g/mol. The van der Waals surface area contributed by atoms with Crippen LogP contribution in [0.3, 0.4) is 0 Å². The van der Waals surface area contributed by atoms with Crippen molar-refractivity contribution in [1.82, 2.24) is 0 Å². The minimum atomic E-state index is -5.90. The first-order valence-electron chi connectivity index (χ1n) is 18.1. The Balaban J connectivity index is 3.71. The van der Waals surface area contributed by atoms with Crippen LogP contribution in [0.15, 0.2) is 23.5 Å². The van der Waals surface area contributed by atoms with Crippen LogP contribution in [0.25, 0.3) is 0 Å². The second kappa shape index (κ2) is 18.1. The standard InChI is InChI=1S/C36H67F3O7SSi2/c1-14-15-19-26(2)24-28(45-48(10,11)34(4,5)6)22-23-30-29(21-18-16-17-20-27(3)33(40)41)31(44-47(42,43)36(37,38)39)25-32(30)46-49(12,13)35(7,8)9/h22-23,26-28,30,32H,14-21,24-25H2,1-13H3,(H,40,41)/b23-22+/t26-,27?,28-,30-,32-/m1/s1. The Morgan fingerprint density at radius 3 is 2.00 bits per heavy atom. The Morgan fingerprint density at radius 2 is 1.51 bits per heavy atom. The maximum Gasteiger partial charge on any atom is 0.534 e. The summed E-state index contributed by atoms with van der Waals surface area (Å²) in [5.74, 6) is -1.70. The summed E-state index contributed by atoms with van der Waals surface area (Å²) in [5, 5.41) is 9.01. The molecule has 0 heterocycles. The highest BCUT2D eigenvalue weighted by atomic mass is 32.2. The van der Waals surface area contributed by atoms with E-state index in [0.29, 0.717) is 43.6 Å². The molecule has 1 N–H and O–H groups in total. The zero-order valence-electron chi connectivity index (χ0n) is 32.6. The maximum atomic E-state index is 13.6. The Morgan fingerprint density at radius 1 is 0.939 bits per heavy atom. The predicted octanol–water partition coefficient (Wildman–Crippen LogP) is 11.4. The smallest absolute Gasteiger partial charge is 0.481 e. The number of halogens is 3. The SMILES string of the molecule is CCCC[C@@H](C)C[C@@H](/C=C/[C@@H]1C(CCCCCC(C)C(=O)O)=C(OS(=O)(=O)C(F)(F)F)C[C@H]1O[Si](C)(C)C(C)(C)C)O[Si](C)(C)C(C)(C)C. The number of hydrogen-bond donors (Lipinski definition) is 1. The lowest BCUT2D eigenvalue weighted by Gasteiger charge is -2.40. The molecule has 0 aromatic carbocycles. The van der Waals surface area contributed by atoms with Gasteiger partial charge in [-0.1, -0.05) is 107 Å². The van der Waals surface area contributed by atoms with Gasteiger partial charge in [-0.15, -0.1) is 0 Å². The summed E-state index contributed by atoms with van der Waals surface area (Å²) in [5.41, 5.74) is -5.08. The van der Waals surface area contributed by atoms with Crippen LogP contribution < -0.4 is 0 Å². The van der Waals surface area contributed by atoms with Gasteiger partial charge in [0.15, 0.2) is 16.6 Å². The first-order chi connectivity index (χ1) is 22.1. The molecule has 0 radical (unpaired) electrons. The molecule has 0 saturated heterocycles. The molecule has 7 nitrogen and oxygen atoms in total. The van der Waals surface area contributed by atoms with Crippen molar-refractivity contribution >= 4 is 32.7 Å². The van der Waals surface area contributed by atoms with Crippen molar-refractivity contribution < 1.29 is 44.5 Å². The van der Waals surface area contributed by atoms with Crippen LogP contribution in [-0.2, 0) is 27.9 Å². The number of unbranched alkanes of at least 4 members (excludes halogenated alkanes) is 3. The zero-order valence-corrected chi connectivity index (χ0v) is 35.4. The molecule has 49 heavy (non-hydrogen) atoms. The van der Waals surface area contributed by atoms with Gasteiger partial charge in [0.25, 0.3) is 0 Å². The highest BCUT2D eigenvalue weighted by Gasteiger charge is 2.51. The average Bonchev–Trinajstić information content (AvgIpc) is 3.21. The molecule has 1 rings (SSSR count). The maximum absolute atomic E-state index is 13.6. The number of carboxylic acids is 1. The summed E-state index contributed by atoms with van der Waals surface area (Å²) in [4.78, 5) is 11.3. The molecule has 5 atom stereocenters. The number of alkyl halides is 3. The van der Waals surface area contributed by atoms with Gasteiger partial charge in [0.2, 0.25) is 0 Å². The third-order valence-corrected chi connectivity index (χ3v) is 20.8. The van der Waals surface area contributed by atoms with Crippen LogP contribution >= 0.6 is 0 Å². The molecule has 0 spiro atoms. The van der Waals surface area contributed by atoms with Crippen LogP contribution in [0, 0.1) is 17.8 Å². The summed E-state index contributed by atoms with van der Waals surface area (Å²) in [6, 6.07) is 0. The van der Waals surface area contributed by atoms with Gasteiger partial charge in [-0.2, -0.15) is 21.6 Å². The molecule has 0 aliphatic heterocycles. The Labute approximate surface area is 298 Å². The Hall–Kier alpha value is -1.16. The van der Waals surface area contributed by atoms with Gasteiger partial charge in [-0.05, 0) is 73.4 Å². The van der Waals surface area contributed by atoms with Crippen LogP contribution in [-0.4, -0.2) is 53.8 Å². The second-order valence-corrected chi connectivity index (χ2v) is 28.3. The van der Waals surface area contributed by atoms with E-state index in [2.05, 4.69) is 81.6 Å². The van der Waals surface area contributed by atoms with E-state index in [1.807, 2.05) is 12.2 Å². The molecular formula is C36H67F3O7SSi2. The third kappa shape index (κ3) is 14.1. The monoisotopic (exact) mass is 756 g/mol. The minimum absolute atomic E-state index is 0.0384. The van der Waals surface area contributed by atoms with E-state index in [1.54, 1.807) is 6.92 Å². The number of rotatable bonds is 20. The van der Waals surface area contributed by atoms with E-state index >= 15 is 0 Å². The lowest BCUT2D eigenvalue weighted by molar-refractivity contribution is -0.141. The number of aliphatic carboxylic acids is 1. The summed E-state index contributed by atoms with van der Waals surface area (Å²) in [7, 11) is -10.6. The van der Waals surface area contributed by atoms with Gasteiger partial charge in [-0.25, -0.2) is 0 Å². The molecular weight excluding hydrogens is 690 g/mol. The van der Waals surface area contributed by atoms with E-state index in [9.17, 15) is 31.5 Å².